The van der Waals surface area contributed by atoms with E-state index in [0.29, 0.717) is 32.0 Å². The van der Waals surface area contributed by atoms with E-state index in [2.05, 4.69) is 23.4 Å². The summed E-state index contributed by atoms with van der Waals surface area (Å²) in [6.07, 6.45) is 4.21. The second-order valence-electron chi connectivity index (χ2n) is 10.9. The summed E-state index contributed by atoms with van der Waals surface area (Å²) in [6, 6.07) is 3.62. The van der Waals surface area contributed by atoms with Gasteiger partial charge < -0.3 is 29.4 Å². The molecule has 2 saturated heterocycles. The minimum absolute atomic E-state index is 0.0295. The number of carbonyl (C=O) groups excluding carboxylic acids is 2. The number of hydrogen-bond acceptors (Lipinski definition) is 7. The van der Waals surface area contributed by atoms with E-state index in [1.54, 1.807) is 9.80 Å². The van der Waals surface area contributed by atoms with Crippen molar-refractivity contribution in [1.29, 1.82) is 0 Å². The Hall–Kier alpha value is -3.37. The van der Waals surface area contributed by atoms with E-state index in [9.17, 15) is 14.7 Å². The molecule has 39 heavy (non-hydrogen) atoms. The van der Waals surface area contributed by atoms with Crippen LogP contribution in [-0.4, -0.2) is 101 Å². The Kier molecular flexibility index (Phi) is 6.42. The number of fused-ring (bicyclic) bond motifs is 2. The van der Waals surface area contributed by atoms with Crippen molar-refractivity contribution in [3.8, 4) is 22.8 Å². The monoisotopic (exact) mass is 555 g/mol. The van der Waals surface area contributed by atoms with Crippen molar-refractivity contribution >= 4 is 29.2 Å². The van der Waals surface area contributed by atoms with E-state index in [0.717, 1.165) is 32.4 Å². The van der Waals surface area contributed by atoms with Gasteiger partial charge in [-0.15, -0.1) is 0 Å². The number of benzene rings is 1. The fraction of sp³-hybridized carbons (Fsp3) is 0.464. The van der Waals surface area contributed by atoms with E-state index >= 15 is 4.39 Å². The lowest BCUT2D eigenvalue weighted by molar-refractivity contribution is -0.128. The third-order valence-electron chi connectivity index (χ3n) is 8.55. The van der Waals surface area contributed by atoms with E-state index in [-0.39, 0.29) is 57.3 Å². The number of halogens is 2. The number of phenolic OH excluding ortho intramolecular Hbond substituents is 1. The van der Waals surface area contributed by atoms with Crippen LogP contribution >= 0.6 is 11.6 Å². The molecule has 9 nitrogen and oxygen atoms in total. The van der Waals surface area contributed by atoms with Crippen LogP contribution in [0, 0.1) is 5.82 Å². The maximum absolute atomic E-state index is 15.1. The van der Waals surface area contributed by atoms with E-state index < -0.39 is 11.9 Å². The standard InChI is InChI=1S/C28H31ClFN5O4/c1-3-20(37)33-11-12-34-17(14-33)15-39-25-22(27(34)38)26(35-13-10-32(2)16-28(35)8-5-9-28)31-24(23(25)29)21-18(30)6-4-7-19(21)36/h3-4,6-7,17,36H,1,5,8-16H2,2H3/t17-/m1/s1. The van der Waals surface area contributed by atoms with Crippen LogP contribution in [-0.2, 0) is 4.79 Å². The van der Waals surface area contributed by atoms with Gasteiger partial charge >= 0.3 is 0 Å². The van der Waals surface area contributed by atoms with Crippen molar-refractivity contribution in [2.24, 2.45) is 0 Å². The number of ether oxygens (including phenoxy) is 1. The summed E-state index contributed by atoms with van der Waals surface area (Å²) in [6.45, 7) is 6.87. The predicted octanol–water partition coefficient (Wildman–Crippen LogP) is 3.15. The van der Waals surface area contributed by atoms with Crippen LogP contribution < -0.4 is 9.64 Å². The van der Waals surface area contributed by atoms with Gasteiger partial charge in [-0.25, -0.2) is 9.37 Å². The Bertz CT molecular complexity index is 1350. The highest BCUT2D eigenvalue weighted by molar-refractivity contribution is 6.35. The molecule has 1 saturated carbocycles. The number of nitrogens with zero attached hydrogens (tertiary/aromatic N) is 5. The van der Waals surface area contributed by atoms with Crippen molar-refractivity contribution in [1.82, 2.24) is 19.7 Å². The SMILES string of the molecule is C=CC(=O)N1CCN2C(=O)c3c(N4CCN(C)CC45CCC5)nc(-c4c(O)cccc4F)c(Cl)c3OC[C@H]2C1. The molecular formula is C28H31ClFN5O4. The lowest BCUT2D eigenvalue weighted by Crippen LogP contribution is -2.65. The molecule has 0 unspecified atom stereocenters. The minimum Gasteiger partial charge on any atom is -0.507 e. The van der Waals surface area contributed by atoms with Gasteiger partial charge in [0.15, 0.2) is 5.75 Å². The topological polar surface area (TPSA) is 89.5 Å². The second kappa shape index (κ2) is 9.67. The van der Waals surface area contributed by atoms with Gasteiger partial charge in [-0.3, -0.25) is 9.59 Å². The summed E-state index contributed by atoms with van der Waals surface area (Å²) in [4.78, 5) is 39.2. The first kappa shape index (κ1) is 25.9. The fourth-order valence-corrected chi connectivity index (χ4v) is 6.69. The Morgan fingerprint density at radius 1 is 1.26 bits per heavy atom. The first-order valence-electron chi connectivity index (χ1n) is 13.3. The molecule has 2 aromatic rings. The zero-order valence-corrected chi connectivity index (χ0v) is 22.6. The van der Waals surface area contributed by atoms with Crippen LogP contribution in [0.2, 0.25) is 5.02 Å². The molecular weight excluding hydrogens is 525 g/mol. The van der Waals surface area contributed by atoms with Crippen molar-refractivity contribution in [3.05, 3.63) is 47.3 Å². The number of aromatic nitrogens is 1. The summed E-state index contributed by atoms with van der Waals surface area (Å²) in [5.41, 5.74) is -0.0620. The highest BCUT2D eigenvalue weighted by atomic mass is 35.5. The van der Waals surface area contributed by atoms with Gasteiger partial charge in [0.1, 0.15) is 40.3 Å². The molecule has 0 bridgehead atoms. The highest BCUT2D eigenvalue weighted by Gasteiger charge is 2.49. The van der Waals surface area contributed by atoms with Gasteiger partial charge in [-0.2, -0.15) is 0 Å². The van der Waals surface area contributed by atoms with Gasteiger partial charge in [-0.1, -0.05) is 24.2 Å². The number of likely N-dealkylation sites (N-methyl/N-ethyl adjacent to an activating group) is 1. The Morgan fingerprint density at radius 2 is 2.05 bits per heavy atom. The minimum atomic E-state index is -0.678. The van der Waals surface area contributed by atoms with Gasteiger partial charge in [0.05, 0.1) is 17.1 Å². The molecule has 1 N–H and O–H groups in total. The molecule has 6 rings (SSSR count). The number of rotatable bonds is 3. The number of pyridine rings is 1. The number of phenols is 1. The maximum Gasteiger partial charge on any atom is 0.261 e. The van der Waals surface area contributed by atoms with Crippen LogP contribution in [0.1, 0.15) is 29.6 Å². The number of amides is 2. The first-order valence-corrected chi connectivity index (χ1v) is 13.6. The molecule has 1 aromatic heterocycles. The van der Waals surface area contributed by atoms with Gasteiger partial charge in [0.25, 0.3) is 5.91 Å². The third kappa shape index (κ3) is 4.12. The number of anilines is 1. The number of carbonyl (C=O) groups is 2. The highest BCUT2D eigenvalue weighted by Crippen LogP contribution is 2.49. The quantitative estimate of drug-likeness (QED) is 0.582. The maximum atomic E-state index is 15.1. The van der Waals surface area contributed by atoms with Crippen molar-refractivity contribution in [2.45, 2.75) is 30.8 Å². The smallest absolute Gasteiger partial charge is 0.261 e. The van der Waals surface area contributed by atoms with Gasteiger partial charge in [-0.05, 0) is 44.5 Å². The van der Waals surface area contributed by atoms with Crippen LogP contribution in [0.25, 0.3) is 11.3 Å². The summed E-state index contributed by atoms with van der Waals surface area (Å²) < 4.78 is 21.4. The van der Waals surface area contributed by atoms with Gasteiger partial charge in [0, 0.05) is 39.3 Å². The summed E-state index contributed by atoms with van der Waals surface area (Å²) in [5, 5.41) is 10.6. The lowest BCUT2D eigenvalue weighted by Gasteiger charge is -2.56. The predicted molar refractivity (Wildman–Crippen MR) is 145 cm³/mol. The van der Waals surface area contributed by atoms with Crippen molar-refractivity contribution in [3.63, 3.8) is 0 Å². The molecule has 1 aliphatic carbocycles. The lowest BCUT2D eigenvalue weighted by atomic mass is 9.73. The van der Waals surface area contributed by atoms with E-state index in [1.807, 2.05) is 0 Å². The van der Waals surface area contributed by atoms with E-state index in [1.165, 1.54) is 24.3 Å². The molecule has 11 heteroatoms. The first-order chi connectivity index (χ1) is 18.7. The molecule has 2 amide bonds. The molecule has 3 fully saturated rings. The molecule has 1 aromatic carbocycles. The largest absolute Gasteiger partial charge is 0.507 e. The summed E-state index contributed by atoms with van der Waals surface area (Å²) >= 11 is 6.85. The van der Waals surface area contributed by atoms with Crippen LogP contribution in [0.4, 0.5) is 10.2 Å². The van der Waals surface area contributed by atoms with E-state index in [4.69, 9.17) is 21.3 Å². The van der Waals surface area contributed by atoms with Crippen LogP contribution in [0.3, 0.4) is 0 Å². The molecule has 206 valence electrons. The van der Waals surface area contributed by atoms with Crippen LogP contribution in [0.15, 0.2) is 30.9 Å². The number of piperazine rings is 2. The average Bonchev–Trinajstić information content (AvgIpc) is 3.05. The average molecular weight is 556 g/mol. The second-order valence-corrected chi connectivity index (χ2v) is 11.2. The number of aromatic hydroxyl groups is 1. The molecule has 3 aliphatic heterocycles. The Labute approximate surface area is 231 Å². The summed E-state index contributed by atoms with van der Waals surface area (Å²) in [5.74, 6) is -0.930. The third-order valence-corrected chi connectivity index (χ3v) is 8.90. The zero-order chi connectivity index (χ0) is 27.5. The fourth-order valence-electron chi connectivity index (χ4n) is 6.40. The van der Waals surface area contributed by atoms with Gasteiger partial charge in [0.2, 0.25) is 5.91 Å². The Morgan fingerprint density at radius 3 is 2.74 bits per heavy atom. The van der Waals surface area contributed by atoms with Crippen molar-refractivity contribution < 1.29 is 23.8 Å². The normalized spacial score (nSPS) is 22.5. The number of hydrogen-bond donors (Lipinski definition) is 1. The molecule has 4 aliphatic rings. The molecule has 4 heterocycles. The molecule has 0 radical (unpaired) electrons. The van der Waals surface area contributed by atoms with Crippen LogP contribution in [0.5, 0.6) is 11.5 Å². The molecule has 1 spiro atoms. The van der Waals surface area contributed by atoms with Crippen molar-refractivity contribution in [2.75, 3.05) is 57.8 Å². The zero-order valence-electron chi connectivity index (χ0n) is 21.8. The summed E-state index contributed by atoms with van der Waals surface area (Å²) in [7, 11) is 2.08. The molecule has 1 atom stereocenters. The Balaban J connectivity index is 1.53.